The van der Waals surface area contributed by atoms with Gasteiger partial charge in [-0.2, -0.15) is 0 Å². The van der Waals surface area contributed by atoms with Gasteiger partial charge in [0.1, 0.15) is 5.75 Å². The number of likely N-dealkylation sites (tertiary alicyclic amines) is 1. The first-order chi connectivity index (χ1) is 21.0. The Bertz CT molecular complexity index is 1400. The average molecular weight is 587 g/mol. The summed E-state index contributed by atoms with van der Waals surface area (Å²) in [6.45, 7) is 9.76. The Hall–Kier alpha value is -4.04. The number of fused-ring (bicyclic) bond motifs is 1. The lowest BCUT2D eigenvalue weighted by Crippen LogP contribution is -2.35. The first kappa shape index (κ1) is 30.4. The van der Waals surface area contributed by atoms with Crippen LogP contribution in [0.4, 0.5) is 5.69 Å². The molecule has 2 aliphatic heterocycles. The van der Waals surface area contributed by atoms with Crippen molar-refractivity contribution in [3.8, 4) is 17.2 Å². The summed E-state index contributed by atoms with van der Waals surface area (Å²) in [5, 5.41) is 3.22. The van der Waals surface area contributed by atoms with Crippen LogP contribution >= 0.6 is 0 Å². The maximum atomic E-state index is 13.7. The van der Waals surface area contributed by atoms with Crippen molar-refractivity contribution in [3.63, 3.8) is 0 Å². The van der Waals surface area contributed by atoms with Gasteiger partial charge in [-0.3, -0.25) is 14.5 Å². The molecule has 228 valence electrons. The second-order valence-electron chi connectivity index (χ2n) is 11.0. The van der Waals surface area contributed by atoms with Crippen molar-refractivity contribution in [2.24, 2.45) is 5.92 Å². The van der Waals surface area contributed by atoms with Crippen molar-refractivity contribution in [2.75, 3.05) is 38.4 Å². The first-order valence-corrected chi connectivity index (χ1v) is 15.4. The Labute approximate surface area is 254 Å². The molecule has 0 radical (unpaired) electrons. The Morgan fingerprint density at radius 1 is 0.907 bits per heavy atom. The van der Waals surface area contributed by atoms with Gasteiger partial charge in [-0.15, -0.1) is 0 Å². The number of hydrogen-bond acceptors (Lipinski definition) is 7. The molecule has 3 aromatic rings. The van der Waals surface area contributed by atoms with Crippen LogP contribution in [0.3, 0.4) is 0 Å². The van der Waals surface area contributed by atoms with E-state index in [-0.39, 0.29) is 43.8 Å². The van der Waals surface area contributed by atoms with Crippen molar-refractivity contribution < 1.29 is 28.5 Å². The number of hydrogen-bond donors (Lipinski definition) is 1. The molecular formula is C35H42N2O6. The molecule has 43 heavy (non-hydrogen) atoms. The Morgan fingerprint density at radius 3 is 2.28 bits per heavy atom. The summed E-state index contributed by atoms with van der Waals surface area (Å²) in [4.78, 5) is 29.5. The van der Waals surface area contributed by atoms with E-state index in [9.17, 15) is 9.59 Å². The van der Waals surface area contributed by atoms with Crippen molar-refractivity contribution in [3.05, 3.63) is 82.9 Å². The van der Waals surface area contributed by atoms with Crippen LogP contribution in [0.2, 0.25) is 0 Å². The van der Waals surface area contributed by atoms with Crippen LogP contribution < -0.4 is 19.5 Å². The molecule has 0 spiro atoms. The number of nitrogens with zero attached hydrogens (tertiary/aromatic N) is 1. The molecule has 0 unspecified atom stereocenters. The molecule has 2 heterocycles. The van der Waals surface area contributed by atoms with Gasteiger partial charge in [-0.25, -0.2) is 0 Å². The van der Waals surface area contributed by atoms with Gasteiger partial charge in [0.25, 0.3) is 0 Å². The van der Waals surface area contributed by atoms with Gasteiger partial charge in [0.05, 0.1) is 25.7 Å². The molecule has 1 saturated heterocycles. The van der Waals surface area contributed by atoms with Crippen LogP contribution in [-0.2, 0) is 27.2 Å². The molecule has 8 heteroatoms. The lowest BCUT2D eigenvalue weighted by atomic mass is 9.82. The van der Waals surface area contributed by atoms with E-state index < -0.39 is 5.92 Å². The number of para-hydroxylation sites is 1. The summed E-state index contributed by atoms with van der Waals surface area (Å²) in [6, 6.07) is 19.5. The molecule has 1 fully saturated rings. The number of rotatable bonds is 12. The maximum Gasteiger partial charge on any atom is 0.311 e. The molecule has 0 saturated carbocycles. The highest BCUT2D eigenvalue weighted by Gasteiger charge is 2.48. The van der Waals surface area contributed by atoms with Gasteiger partial charge in [0.2, 0.25) is 12.7 Å². The van der Waals surface area contributed by atoms with E-state index in [1.54, 1.807) is 0 Å². The second-order valence-corrected chi connectivity index (χ2v) is 11.0. The SMILES string of the molecule is CCCOc1ccc([C@H]2[C@H](C(=O)OCC)[C@@H](c3ccc4c(c3)OCO4)CN2CC(=O)Nc2c(CC)cccc2CC)cc1. The zero-order valence-corrected chi connectivity index (χ0v) is 25.6. The minimum absolute atomic E-state index is 0.113. The minimum Gasteiger partial charge on any atom is -0.494 e. The van der Waals surface area contributed by atoms with Crippen LogP contribution in [0.5, 0.6) is 17.2 Å². The molecule has 1 N–H and O–H groups in total. The highest BCUT2D eigenvalue weighted by Crippen LogP contribution is 2.48. The summed E-state index contributed by atoms with van der Waals surface area (Å²) in [6.07, 6.45) is 2.55. The highest BCUT2D eigenvalue weighted by molar-refractivity contribution is 5.94. The molecule has 0 bridgehead atoms. The largest absolute Gasteiger partial charge is 0.494 e. The summed E-state index contributed by atoms with van der Waals surface area (Å²) >= 11 is 0. The van der Waals surface area contributed by atoms with Gasteiger partial charge >= 0.3 is 5.97 Å². The third kappa shape index (κ3) is 6.64. The lowest BCUT2D eigenvalue weighted by molar-refractivity contribution is -0.149. The second kappa shape index (κ2) is 14.0. The van der Waals surface area contributed by atoms with Crippen molar-refractivity contribution in [2.45, 2.75) is 58.9 Å². The lowest BCUT2D eigenvalue weighted by Gasteiger charge is -2.28. The summed E-state index contributed by atoms with van der Waals surface area (Å²) in [5.41, 5.74) is 4.98. The van der Waals surface area contributed by atoms with Gasteiger partial charge in [-0.05, 0) is 72.7 Å². The van der Waals surface area contributed by atoms with Crippen molar-refractivity contribution >= 4 is 17.6 Å². The molecular weight excluding hydrogens is 544 g/mol. The van der Waals surface area contributed by atoms with E-state index in [4.69, 9.17) is 18.9 Å². The Balaban J connectivity index is 1.50. The normalized spacial score (nSPS) is 19.3. The minimum atomic E-state index is -0.537. The fraction of sp³-hybridized carbons (Fsp3) is 0.429. The predicted molar refractivity (Wildman–Crippen MR) is 166 cm³/mol. The first-order valence-electron chi connectivity index (χ1n) is 15.4. The number of carbonyl (C=O) groups is 2. The number of ether oxygens (including phenoxy) is 4. The number of benzene rings is 3. The summed E-state index contributed by atoms with van der Waals surface area (Å²) in [5.74, 6) is 0.962. The number of amides is 1. The fourth-order valence-electron chi connectivity index (χ4n) is 6.24. The Kier molecular flexibility index (Phi) is 9.87. The van der Waals surface area contributed by atoms with Gasteiger partial charge < -0.3 is 24.3 Å². The molecule has 0 aliphatic carbocycles. The average Bonchev–Trinajstić information content (AvgIpc) is 3.65. The van der Waals surface area contributed by atoms with Crippen LogP contribution in [-0.4, -0.2) is 49.9 Å². The smallest absolute Gasteiger partial charge is 0.311 e. The Morgan fingerprint density at radius 2 is 1.60 bits per heavy atom. The van der Waals surface area contributed by atoms with E-state index in [1.165, 1.54) is 0 Å². The van der Waals surface area contributed by atoms with Crippen LogP contribution in [0.1, 0.15) is 68.3 Å². The van der Waals surface area contributed by atoms with E-state index >= 15 is 0 Å². The molecule has 1 amide bonds. The summed E-state index contributed by atoms with van der Waals surface area (Å²) in [7, 11) is 0. The van der Waals surface area contributed by atoms with Crippen LogP contribution in [0.25, 0.3) is 0 Å². The quantitative estimate of drug-likeness (QED) is 0.250. The number of nitrogens with one attached hydrogen (secondary N) is 1. The van der Waals surface area contributed by atoms with Crippen LogP contribution in [0.15, 0.2) is 60.7 Å². The van der Waals surface area contributed by atoms with Crippen molar-refractivity contribution in [1.82, 2.24) is 4.90 Å². The molecule has 2 aliphatic rings. The number of aryl methyl sites for hydroxylation is 2. The predicted octanol–water partition coefficient (Wildman–Crippen LogP) is 6.29. The standard InChI is InChI=1S/C35H42N2O6/c1-5-18-41-27-15-12-25(13-16-27)34-32(35(39)40-8-4)28(26-14-17-29-30(19-26)43-22-42-29)20-37(34)21-31(38)36-33-23(6-2)10-9-11-24(33)7-3/h9-17,19,28,32,34H,5-8,18,20-22H2,1-4H3,(H,36,38)/t28-,32-,34+/m1/s1. The van der Waals surface area contributed by atoms with Gasteiger partial charge in [0.15, 0.2) is 11.5 Å². The number of anilines is 1. The zero-order valence-electron chi connectivity index (χ0n) is 25.6. The highest BCUT2D eigenvalue weighted by atomic mass is 16.7. The molecule has 5 rings (SSSR count). The van der Waals surface area contributed by atoms with Gasteiger partial charge in [0, 0.05) is 24.2 Å². The maximum absolute atomic E-state index is 13.7. The topological polar surface area (TPSA) is 86.3 Å². The third-order valence-corrected chi connectivity index (χ3v) is 8.29. The van der Waals surface area contributed by atoms with Crippen molar-refractivity contribution in [1.29, 1.82) is 0 Å². The fourth-order valence-corrected chi connectivity index (χ4v) is 6.24. The molecule has 3 aromatic carbocycles. The molecule has 3 atom stereocenters. The van der Waals surface area contributed by atoms with E-state index in [0.717, 1.165) is 53.0 Å². The number of esters is 1. The zero-order chi connectivity index (χ0) is 30.3. The molecule has 0 aromatic heterocycles. The molecule has 8 nitrogen and oxygen atoms in total. The summed E-state index contributed by atoms with van der Waals surface area (Å²) < 4.78 is 22.7. The van der Waals surface area contributed by atoms with Gasteiger partial charge in [-0.1, -0.05) is 57.2 Å². The van der Waals surface area contributed by atoms with E-state index in [0.29, 0.717) is 24.7 Å². The monoisotopic (exact) mass is 586 g/mol. The number of carbonyl (C=O) groups excluding carboxylic acids is 2. The third-order valence-electron chi connectivity index (χ3n) is 8.29. The van der Waals surface area contributed by atoms with E-state index in [1.807, 2.05) is 55.5 Å². The van der Waals surface area contributed by atoms with E-state index in [2.05, 4.69) is 43.1 Å². The van der Waals surface area contributed by atoms with Crippen LogP contribution in [0, 0.1) is 5.92 Å².